The van der Waals surface area contributed by atoms with Gasteiger partial charge in [0.15, 0.2) is 0 Å². The molecule has 3 rings (SSSR count). The zero-order valence-electron chi connectivity index (χ0n) is 16.9. The van der Waals surface area contributed by atoms with E-state index in [2.05, 4.69) is 34.0 Å². The van der Waals surface area contributed by atoms with Gasteiger partial charge in [-0.3, -0.25) is 9.69 Å². The number of carbonyl (C=O) groups excluding carboxylic acids is 2. The lowest BCUT2D eigenvalue weighted by molar-refractivity contribution is -0.134. The number of aliphatic hydroxyl groups excluding tert-OH is 1. The third-order valence-electron chi connectivity index (χ3n) is 5.47. The summed E-state index contributed by atoms with van der Waals surface area (Å²) in [6, 6.07) is 1.69. The molecule has 0 radical (unpaired) electrons. The van der Waals surface area contributed by atoms with Gasteiger partial charge in [-0.25, -0.2) is 14.8 Å². The van der Waals surface area contributed by atoms with Crippen LogP contribution >= 0.6 is 0 Å². The van der Waals surface area contributed by atoms with Crippen LogP contribution in [-0.2, 0) is 4.79 Å². The van der Waals surface area contributed by atoms with E-state index < -0.39 is 5.54 Å². The van der Waals surface area contributed by atoms with Gasteiger partial charge < -0.3 is 20.2 Å². The molecule has 1 aromatic rings. The first-order valence-corrected chi connectivity index (χ1v) is 9.98. The molecule has 1 aromatic heterocycles. The predicted molar refractivity (Wildman–Crippen MR) is 106 cm³/mol. The van der Waals surface area contributed by atoms with Crippen LogP contribution in [0.4, 0.5) is 16.4 Å². The summed E-state index contributed by atoms with van der Waals surface area (Å²) in [6.45, 7) is 8.71. The topological polar surface area (TPSA) is 102 Å². The van der Waals surface area contributed by atoms with Crippen LogP contribution in [0.15, 0.2) is 12.4 Å². The Kier molecular flexibility index (Phi) is 6.02. The highest BCUT2D eigenvalue weighted by Crippen LogP contribution is 2.38. The van der Waals surface area contributed by atoms with Crippen molar-refractivity contribution >= 4 is 23.6 Å². The Labute approximate surface area is 165 Å². The molecule has 2 N–H and O–H groups in total. The van der Waals surface area contributed by atoms with E-state index >= 15 is 0 Å². The van der Waals surface area contributed by atoms with Gasteiger partial charge in [-0.05, 0) is 25.7 Å². The number of rotatable bonds is 7. The summed E-state index contributed by atoms with van der Waals surface area (Å²) in [6.07, 6.45) is 2.67. The Hall–Kier alpha value is -2.42. The molecule has 0 aromatic carbocycles. The average molecular weight is 390 g/mol. The average Bonchev–Trinajstić information content (AvgIpc) is 2.88. The highest BCUT2D eigenvalue weighted by Gasteiger charge is 2.57. The van der Waals surface area contributed by atoms with Crippen LogP contribution in [-0.4, -0.2) is 81.7 Å². The first-order valence-electron chi connectivity index (χ1n) is 9.98. The highest BCUT2D eigenvalue weighted by molar-refractivity contribution is 6.07. The monoisotopic (exact) mass is 390 g/mol. The Morgan fingerprint density at radius 3 is 2.57 bits per heavy atom. The first kappa shape index (κ1) is 20.3. The summed E-state index contributed by atoms with van der Waals surface area (Å²) in [5, 5.41) is 12.0. The van der Waals surface area contributed by atoms with Crippen molar-refractivity contribution in [2.45, 2.75) is 39.2 Å². The van der Waals surface area contributed by atoms with E-state index in [-0.39, 0.29) is 18.5 Å². The molecular weight excluding hydrogens is 360 g/mol. The van der Waals surface area contributed by atoms with E-state index in [9.17, 15) is 9.59 Å². The molecule has 2 fully saturated rings. The van der Waals surface area contributed by atoms with Gasteiger partial charge in [0.05, 0.1) is 6.61 Å². The molecule has 0 aliphatic carbocycles. The first-order chi connectivity index (χ1) is 13.4. The fourth-order valence-corrected chi connectivity index (χ4v) is 4.07. The summed E-state index contributed by atoms with van der Waals surface area (Å²) in [5.41, 5.74) is -0.737. The number of hydrogen-bond donors (Lipinski definition) is 2. The molecule has 9 heteroatoms. The number of likely N-dealkylation sites (N-methyl/N-ethyl adjacent to an activating group) is 1. The third kappa shape index (κ3) is 3.63. The minimum absolute atomic E-state index is 0.0291. The molecule has 0 unspecified atom stereocenters. The molecule has 28 heavy (non-hydrogen) atoms. The number of aliphatic hydroxyl groups is 1. The second kappa shape index (κ2) is 8.30. The lowest BCUT2D eigenvalue weighted by Gasteiger charge is -2.43. The van der Waals surface area contributed by atoms with Crippen molar-refractivity contribution in [3.8, 4) is 0 Å². The van der Waals surface area contributed by atoms with Gasteiger partial charge in [0, 0.05) is 38.8 Å². The van der Waals surface area contributed by atoms with Gasteiger partial charge in [-0.1, -0.05) is 13.8 Å². The van der Waals surface area contributed by atoms with Crippen LogP contribution in [0.2, 0.25) is 0 Å². The molecule has 2 saturated heterocycles. The third-order valence-corrected chi connectivity index (χ3v) is 5.47. The summed E-state index contributed by atoms with van der Waals surface area (Å²) in [7, 11) is 0. The number of imide groups is 1. The van der Waals surface area contributed by atoms with Gasteiger partial charge >= 0.3 is 6.03 Å². The predicted octanol–water partition coefficient (Wildman–Crippen LogP) is 1.16. The van der Waals surface area contributed by atoms with Crippen molar-refractivity contribution in [2.24, 2.45) is 5.92 Å². The molecule has 3 amide bonds. The smallest absolute Gasteiger partial charge is 0.327 e. The van der Waals surface area contributed by atoms with Crippen LogP contribution in [0, 0.1) is 5.92 Å². The van der Waals surface area contributed by atoms with Crippen molar-refractivity contribution in [1.82, 2.24) is 19.8 Å². The quantitative estimate of drug-likeness (QED) is 0.674. The van der Waals surface area contributed by atoms with Crippen LogP contribution < -0.4 is 10.2 Å². The number of nitrogens with zero attached hydrogens (tertiary/aromatic N) is 5. The van der Waals surface area contributed by atoms with E-state index in [1.165, 1.54) is 11.2 Å². The minimum Gasteiger partial charge on any atom is -0.395 e. The fraction of sp³-hybridized carbons (Fsp3) is 0.684. The molecule has 2 aliphatic heterocycles. The van der Waals surface area contributed by atoms with Gasteiger partial charge in [-0.2, -0.15) is 0 Å². The maximum atomic E-state index is 13.1. The Balaban J connectivity index is 1.77. The van der Waals surface area contributed by atoms with Crippen molar-refractivity contribution in [3.05, 3.63) is 12.4 Å². The van der Waals surface area contributed by atoms with E-state index in [0.29, 0.717) is 57.3 Å². The van der Waals surface area contributed by atoms with E-state index in [1.54, 1.807) is 4.90 Å². The maximum Gasteiger partial charge on any atom is 0.327 e. The summed E-state index contributed by atoms with van der Waals surface area (Å²) in [5.74, 6) is 1.67. The number of hydrogen-bond acceptors (Lipinski definition) is 7. The molecule has 0 atom stereocenters. The van der Waals surface area contributed by atoms with E-state index in [0.717, 1.165) is 5.82 Å². The molecular formula is C19H30N6O3. The number of carbonyl (C=O) groups is 2. The largest absolute Gasteiger partial charge is 0.395 e. The second-order valence-electron chi connectivity index (χ2n) is 7.77. The van der Waals surface area contributed by atoms with Crippen molar-refractivity contribution in [1.29, 1.82) is 0 Å². The number of urea groups is 1. The van der Waals surface area contributed by atoms with Gasteiger partial charge in [0.2, 0.25) is 0 Å². The Bertz CT molecular complexity index is 717. The SMILES string of the molecule is CCN1C(=O)N(CC(C)C)C2(CCN(c3cc(NCCO)ncn3)CC2)C1=O. The normalized spacial score (nSPS) is 19.2. The number of piperidine rings is 1. The number of anilines is 2. The molecule has 3 heterocycles. The van der Waals surface area contributed by atoms with Gasteiger partial charge in [0.1, 0.15) is 23.5 Å². The maximum absolute atomic E-state index is 13.1. The van der Waals surface area contributed by atoms with Gasteiger partial charge in [0.25, 0.3) is 5.91 Å². The van der Waals surface area contributed by atoms with Crippen molar-refractivity contribution in [3.63, 3.8) is 0 Å². The molecule has 0 saturated carbocycles. The summed E-state index contributed by atoms with van der Waals surface area (Å²) >= 11 is 0. The van der Waals surface area contributed by atoms with Crippen LogP contribution in [0.25, 0.3) is 0 Å². The molecule has 0 bridgehead atoms. The molecule has 154 valence electrons. The molecule has 9 nitrogen and oxygen atoms in total. The number of aromatic nitrogens is 2. The van der Waals surface area contributed by atoms with Crippen LogP contribution in [0.5, 0.6) is 0 Å². The zero-order valence-corrected chi connectivity index (χ0v) is 16.9. The summed E-state index contributed by atoms with van der Waals surface area (Å²) in [4.78, 5) is 39.8. The standard InChI is InChI=1S/C19H30N6O3/c1-4-24-17(27)19(25(18(24)28)12-14(2)3)5-8-23(9-6-19)16-11-15(20-7-10-26)21-13-22-16/h11,13-14,26H,4-10,12H2,1-3H3,(H,20,21,22). The van der Waals surface area contributed by atoms with Crippen molar-refractivity contribution in [2.75, 3.05) is 49.5 Å². The Morgan fingerprint density at radius 1 is 1.25 bits per heavy atom. The highest BCUT2D eigenvalue weighted by atomic mass is 16.3. The lowest BCUT2D eigenvalue weighted by Crippen LogP contribution is -2.57. The lowest BCUT2D eigenvalue weighted by atomic mass is 9.85. The second-order valence-corrected chi connectivity index (χ2v) is 7.77. The molecule has 2 aliphatic rings. The fourth-order valence-electron chi connectivity index (χ4n) is 4.07. The zero-order chi connectivity index (χ0) is 20.3. The van der Waals surface area contributed by atoms with Gasteiger partial charge in [-0.15, -0.1) is 0 Å². The van der Waals surface area contributed by atoms with Crippen LogP contribution in [0.1, 0.15) is 33.6 Å². The minimum atomic E-state index is -0.737. The number of nitrogens with one attached hydrogen (secondary N) is 1. The Morgan fingerprint density at radius 2 is 1.96 bits per heavy atom. The number of amides is 3. The summed E-state index contributed by atoms with van der Waals surface area (Å²) < 4.78 is 0. The van der Waals surface area contributed by atoms with Crippen LogP contribution in [0.3, 0.4) is 0 Å². The van der Waals surface area contributed by atoms with E-state index in [4.69, 9.17) is 5.11 Å². The van der Waals surface area contributed by atoms with E-state index in [1.807, 2.05) is 13.0 Å². The van der Waals surface area contributed by atoms with Crippen molar-refractivity contribution < 1.29 is 14.7 Å². The molecule has 1 spiro atoms.